The van der Waals surface area contributed by atoms with Gasteiger partial charge in [-0.05, 0) is 31.9 Å². The summed E-state index contributed by atoms with van der Waals surface area (Å²) in [6.45, 7) is 2.86. The molecule has 1 aromatic rings. The second-order valence-electron chi connectivity index (χ2n) is 4.99. The molecule has 1 aromatic carbocycles. The largest absolute Gasteiger partial charge is 0.382 e. The number of hydrogen-bond donors (Lipinski definition) is 2. The van der Waals surface area contributed by atoms with Crippen LogP contribution in [0.15, 0.2) is 12.1 Å². The van der Waals surface area contributed by atoms with Crippen molar-refractivity contribution in [1.29, 1.82) is 5.26 Å². The lowest BCUT2D eigenvalue weighted by Crippen LogP contribution is -2.44. The van der Waals surface area contributed by atoms with Crippen LogP contribution in [-0.4, -0.2) is 30.1 Å². The number of benzene rings is 1. The second-order valence-corrected chi connectivity index (χ2v) is 4.99. The molecule has 0 aromatic heterocycles. The van der Waals surface area contributed by atoms with Crippen LogP contribution >= 0.6 is 0 Å². The molecule has 106 valence electrons. The summed E-state index contributed by atoms with van der Waals surface area (Å²) in [5.41, 5.74) is 6.66. The zero-order valence-electron chi connectivity index (χ0n) is 11.3. The number of halogens is 1. The van der Waals surface area contributed by atoms with Crippen molar-refractivity contribution >= 4 is 11.7 Å². The van der Waals surface area contributed by atoms with E-state index in [1.165, 1.54) is 6.07 Å². The molecule has 2 amide bonds. The van der Waals surface area contributed by atoms with Crippen LogP contribution in [0.25, 0.3) is 0 Å². The Hall–Kier alpha value is -2.29. The third kappa shape index (κ3) is 2.99. The van der Waals surface area contributed by atoms with Crippen molar-refractivity contribution in [2.75, 3.05) is 18.4 Å². The highest BCUT2D eigenvalue weighted by Crippen LogP contribution is 2.23. The highest BCUT2D eigenvalue weighted by Gasteiger charge is 2.21. The Balaban J connectivity index is 2.07. The molecule has 5 nitrogen and oxygen atoms in total. The Morgan fingerprint density at radius 1 is 1.50 bits per heavy atom. The summed E-state index contributed by atoms with van der Waals surface area (Å²) in [6, 6.07) is 4.57. The Bertz CT molecular complexity index is 559. The van der Waals surface area contributed by atoms with E-state index in [1.54, 1.807) is 17.9 Å². The van der Waals surface area contributed by atoms with Gasteiger partial charge < -0.3 is 16.0 Å². The van der Waals surface area contributed by atoms with Crippen LogP contribution in [0.3, 0.4) is 0 Å². The fourth-order valence-electron chi connectivity index (χ4n) is 2.36. The predicted octanol–water partition coefficient (Wildman–Crippen LogP) is 1.96. The number of nitriles is 1. The molecule has 0 radical (unpaired) electrons. The lowest BCUT2D eigenvalue weighted by atomic mass is 10.0. The molecule has 6 heteroatoms. The first-order chi connectivity index (χ1) is 9.51. The fraction of sp³-hybridized carbons (Fsp3) is 0.429. The van der Waals surface area contributed by atoms with Gasteiger partial charge in [-0.25, -0.2) is 9.18 Å². The maximum Gasteiger partial charge on any atom is 0.314 e. The van der Waals surface area contributed by atoms with Gasteiger partial charge in [0.25, 0.3) is 0 Å². The van der Waals surface area contributed by atoms with Crippen molar-refractivity contribution < 1.29 is 9.18 Å². The number of anilines is 1. The third-order valence-electron chi connectivity index (χ3n) is 3.64. The van der Waals surface area contributed by atoms with E-state index in [4.69, 9.17) is 11.0 Å². The smallest absolute Gasteiger partial charge is 0.314 e. The van der Waals surface area contributed by atoms with E-state index in [0.717, 1.165) is 12.8 Å². The number of rotatable bonds is 2. The minimum atomic E-state index is -0.405. The van der Waals surface area contributed by atoms with Gasteiger partial charge in [0.15, 0.2) is 0 Å². The van der Waals surface area contributed by atoms with E-state index in [-0.39, 0.29) is 11.9 Å². The SMILES string of the molecule is Cc1c(F)cc(C#N)cc1NC1CCN(C(N)=O)CC1. The van der Waals surface area contributed by atoms with Gasteiger partial charge in [-0.15, -0.1) is 0 Å². The number of nitrogens with zero attached hydrogens (tertiary/aromatic N) is 2. The van der Waals surface area contributed by atoms with Crippen molar-refractivity contribution in [2.24, 2.45) is 5.73 Å². The molecule has 0 aliphatic carbocycles. The lowest BCUT2D eigenvalue weighted by molar-refractivity contribution is 0.193. The molecule has 0 bridgehead atoms. The zero-order valence-corrected chi connectivity index (χ0v) is 11.3. The Labute approximate surface area is 117 Å². The fourth-order valence-corrected chi connectivity index (χ4v) is 2.36. The van der Waals surface area contributed by atoms with Gasteiger partial charge in [-0.3, -0.25) is 0 Å². The van der Waals surface area contributed by atoms with E-state index in [9.17, 15) is 9.18 Å². The quantitative estimate of drug-likeness (QED) is 0.866. The number of urea groups is 1. The number of piperidine rings is 1. The molecule has 0 unspecified atom stereocenters. The zero-order chi connectivity index (χ0) is 14.7. The third-order valence-corrected chi connectivity index (χ3v) is 3.64. The number of hydrogen-bond acceptors (Lipinski definition) is 3. The number of carbonyl (C=O) groups is 1. The maximum atomic E-state index is 13.7. The molecule has 20 heavy (non-hydrogen) atoms. The number of nitrogens with two attached hydrogens (primary N) is 1. The minimum absolute atomic E-state index is 0.151. The Kier molecular flexibility index (Phi) is 4.08. The van der Waals surface area contributed by atoms with E-state index in [1.807, 2.05) is 6.07 Å². The van der Waals surface area contributed by atoms with Crippen molar-refractivity contribution in [1.82, 2.24) is 4.90 Å². The van der Waals surface area contributed by atoms with Gasteiger partial charge in [-0.2, -0.15) is 5.26 Å². The first-order valence-corrected chi connectivity index (χ1v) is 6.52. The molecule has 1 fully saturated rings. The van der Waals surface area contributed by atoms with Crippen LogP contribution in [0, 0.1) is 24.1 Å². The summed E-state index contributed by atoms with van der Waals surface area (Å²) in [4.78, 5) is 12.6. The summed E-state index contributed by atoms with van der Waals surface area (Å²) in [7, 11) is 0. The number of primary amides is 1. The Morgan fingerprint density at radius 3 is 2.70 bits per heavy atom. The molecule has 0 atom stereocenters. The van der Waals surface area contributed by atoms with E-state index >= 15 is 0 Å². The van der Waals surface area contributed by atoms with Crippen LogP contribution < -0.4 is 11.1 Å². The molecule has 0 saturated carbocycles. The summed E-state index contributed by atoms with van der Waals surface area (Å²) >= 11 is 0. The predicted molar refractivity (Wildman–Crippen MR) is 73.7 cm³/mol. The molecular weight excluding hydrogens is 259 g/mol. The number of nitrogens with one attached hydrogen (secondary N) is 1. The minimum Gasteiger partial charge on any atom is -0.382 e. The average Bonchev–Trinajstić information content (AvgIpc) is 2.44. The Morgan fingerprint density at radius 2 is 2.15 bits per heavy atom. The van der Waals surface area contributed by atoms with Crippen molar-refractivity contribution in [3.05, 3.63) is 29.1 Å². The van der Waals surface area contributed by atoms with E-state index in [2.05, 4.69) is 5.32 Å². The summed E-state index contributed by atoms with van der Waals surface area (Å²) < 4.78 is 13.7. The molecule has 2 rings (SSSR count). The van der Waals surface area contributed by atoms with Crippen molar-refractivity contribution in [3.8, 4) is 6.07 Å². The van der Waals surface area contributed by atoms with E-state index in [0.29, 0.717) is 29.9 Å². The van der Waals surface area contributed by atoms with Gasteiger partial charge in [0.2, 0.25) is 0 Å². The van der Waals surface area contributed by atoms with Gasteiger partial charge in [-0.1, -0.05) is 0 Å². The van der Waals surface area contributed by atoms with Crippen molar-refractivity contribution in [2.45, 2.75) is 25.8 Å². The van der Waals surface area contributed by atoms with Crippen LogP contribution in [0.4, 0.5) is 14.9 Å². The number of amides is 2. The van der Waals surface area contributed by atoms with Gasteiger partial charge in [0.05, 0.1) is 11.6 Å². The molecule has 1 saturated heterocycles. The lowest BCUT2D eigenvalue weighted by Gasteiger charge is -2.32. The molecule has 1 heterocycles. The van der Waals surface area contributed by atoms with Gasteiger partial charge in [0.1, 0.15) is 5.82 Å². The first-order valence-electron chi connectivity index (χ1n) is 6.52. The average molecular weight is 276 g/mol. The molecule has 1 aliphatic rings. The normalized spacial score (nSPS) is 15.8. The van der Waals surface area contributed by atoms with E-state index < -0.39 is 6.03 Å². The van der Waals surface area contributed by atoms with Crippen LogP contribution in [0.2, 0.25) is 0 Å². The summed E-state index contributed by atoms with van der Waals surface area (Å²) in [5, 5.41) is 12.1. The highest BCUT2D eigenvalue weighted by atomic mass is 19.1. The second kappa shape index (κ2) is 5.78. The molecular formula is C14H17FN4O. The molecule has 3 N–H and O–H groups in total. The molecule has 0 spiro atoms. The first kappa shape index (κ1) is 14.1. The monoisotopic (exact) mass is 276 g/mol. The maximum absolute atomic E-state index is 13.7. The summed E-state index contributed by atoms with van der Waals surface area (Å²) in [6.07, 6.45) is 1.50. The molecule has 1 aliphatic heterocycles. The van der Waals surface area contributed by atoms with Gasteiger partial charge in [0, 0.05) is 30.4 Å². The topological polar surface area (TPSA) is 82.2 Å². The van der Waals surface area contributed by atoms with Gasteiger partial charge >= 0.3 is 6.03 Å². The standard InChI is InChI=1S/C14H17FN4O/c1-9-12(15)6-10(8-16)7-13(9)18-11-2-4-19(5-3-11)14(17)20/h6-7,11,18H,2-5H2,1H3,(H2,17,20). The van der Waals surface area contributed by atoms with Crippen molar-refractivity contribution in [3.63, 3.8) is 0 Å². The number of carbonyl (C=O) groups excluding carboxylic acids is 1. The number of likely N-dealkylation sites (tertiary alicyclic amines) is 1. The van der Waals surface area contributed by atoms with Crippen LogP contribution in [0.1, 0.15) is 24.0 Å². The van der Waals surface area contributed by atoms with Crippen LogP contribution in [-0.2, 0) is 0 Å². The summed E-state index contributed by atoms with van der Waals surface area (Å²) in [5.74, 6) is -0.388. The van der Waals surface area contributed by atoms with Crippen LogP contribution in [0.5, 0.6) is 0 Å². The highest BCUT2D eigenvalue weighted by molar-refractivity contribution is 5.72.